The van der Waals surface area contributed by atoms with Crippen LogP contribution in [0.5, 0.6) is 0 Å². The van der Waals surface area contributed by atoms with Gasteiger partial charge in [0.1, 0.15) is 12.7 Å². The van der Waals surface area contributed by atoms with Crippen LogP contribution in [0.15, 0.2) is 72.2 Å². The zero-order valence-corrected chi connectivity index (χ0v) is 21.1. The van der Waals surface area contributed by atoms with Crippen LogP contribution in [0, 0.1) is 0 Å². The van der Waals surface area contributed by atoms with Gasteiger partial charge in [-0.15, -0.1) is 24.0 Å². The normalized spacial score (nSPS) is 20.9. The minimum Gasteiger partial charge on any atom is -0.373 e. The van der Waals surface area contributed by atoms with Gasteiger partial charge in [0, 0.05) is 39.8 Å². The number of morpholine rings is 1. The fourth-order valence-electron chi connectivity index (χ4n) is 4.57. The highest BCUT2D eigenvalue weighted by molar-refractivity contribution is 14.0. The molecule has 2 unspecified atom stereocenters. The molecule has 2 aromatic carbocycles. The average molecular weight is 559 g/mol. The first kappa shape index (κ1) is 23.7. The minimum atomic E-state index is 0. The number of aliphatic imine (C=N–C) groups is 1. The van der Waals surface area contributed by atoms with E-state index in [4.69, 9.17) is 4.74 Å². The van der Waals surface area contributed by atoms with Crippen LogP contribution in [0.2, 0.25) is 0 Å². The highest BCUT2D eigenvalue weighted by Crippen LogP contribution is 2.24. The third-order valence-electron chi connectivity index (χ3n) is 6.23. The summed E-state index contributed by atoms with van der Waals surface area (Å²) in [6.07, 6.45) is 3.45. The Morgan fingerprint density at radius 1 is 1.09 bits per heavy atom. The van der Waals surface area contributed by atoms with E-state index in [1.165, 1.54) is 17.5 Å². The maximum atomic E-state index is 6.13. The molecule has 0 radical (unpaired) electrons. The zero-order valence-electron chi connectivity index (χ0n) is 18.7. The Balaban J connectivity index is 0.00000259. The van der Waals surface area contributed by atoms with Crippen LogP contribution in [0.1, 0.15) is 11.1 Å². The van der Waals surface area contributed by atoms with Gasteiger partial charge in [0.15, 0.2) is 5.96 Å². The number of ether oxygens (including phenoxy) is 1. The summed E-state index contributed by atoms with van der Waals surface area (Å²) >= 11 is 0. The summed E-state index contributed by atoms with van der Waals surface area (Å²) in [6.45, 7) is 5.21. The molecule has 3 heterocycles. The highest BCUT2D eigenvalue weighted by atomic mass is 127. The van der Waals surface area contributed by atoms with Gasteiger partial charge in [0.2, 0.25) is 0 Å². The lowest BCUT2D eigenvalue weighted by molar-refractivity contribution is -0.0502. The number of aromatic nitrogens is 3. The van der Waals surface area contributed by atoms with E-state index >= 15 is 0 Å². The number of benzene rings is 2. The van der Waals surface area contributed by atoms with E-state index in [9.17, 15) is 0 Å². The number of fused-ring (bicyclic) bond motifs is 1. The Bertz CT molecular complexity index is 1030. The number of hydrogen-bond donors (Lipinski definition) is 1. The van der Waals surface area contributed by atoms with Gasteiger partial charge in [-0.1, -0.05) is 42.5 Å². The summed E-state index contributed by atoms with van der Waals surface area (Å²) in [5.41, 5.74) is 3.53. The van der Waals surface area contributed by atoms with Crippen molar-refractivity contribution in [3.8, 4) is 5.69 Å². The van der Waals surface area contributed by atoms with Gasteiger partial charge in [0.05, 0.1) is 24.4 Å². The predicted molar refractivity (Wildman–Crippen MR) is 139 cm³/mol. The highest BCUT2D eigenvalue weighted by Gasteiger charge is 2.41. The number of halogens is 1. The lowest BCUT2D eigenvalue weighted by Crippen LogP contribution is -2.50. The fourth-order valence-corrected chi connectivity index (χ4v) is 4.57. The quantitative estimate of drug-likeness (QED) is 0.295. The molecular formula is C24H30IN7O. The average Bonchev–Trinajstić information content (AvgIpc) is 3.52. The summed E-state index contributed by atoms with van der Waals surface area (Å²) in [7, 11) is 1.85. The molecule has 0 bridgehead atoms. The first-order valence-electron chi connectivity index (χ1n) is 11.1. The number of nitrogens with zero attached hydrogens (tertiary/aromatic N) is 6. The van der Waals surface area contributed by atoms with Gasteiger partial charge < -0.3 is 15.0 Å². The maximum Gasteiger partial charge on any atom is 0.194 e. The van der Waals surface area contributed by atoms with E-state index in [1.807, 2.05) is 19.2 Å². The molecule has 1 aromatic heterocycles. The van der Waals surface area contributed by atoms with Crippen molar-refractivity contribution in [2.45, 2.75) is 25.2 Å². The summed E-state index contributed by atoms with van der Waals surface area (Å²) < 4.78 is 7.88. The van der Waals surface area contributed by atoms with E-state index in [1.54, 1.807) is 11.0 Å². The summed E-state index contributed by atoms with van der Waals surface area (Å²) in [5, 5.41) is 7.70. The molecule has 2 aliphatic heterocycles. The van der Waals surface area contributed by atoms with Crippen LogP contribution in [-0.4, -0.2) is 76.0 Å². The van der Waals surface area contributed by atoms with Crippen LogP contribution in [0.3, 0.4) is 0 Å². The Hall–Kier alpha value is -2.50. The number of guanidine groups is 1. The number of likely N-dealkylation sites (tertiary alicyclic amines) is 1. The van der Waals surface area contributed by atoms with Crippen molar-refractivity contribution < 1.29 is 4.74 Å². The molecule has 2 aliphatic rings. The topological polar surface area (TPSA) is 70.8 Å². The Labute approximate surface area is 211 Å². The van der Waals surface area contributed by atoms with Gasteiger partial charge in [-0.3, -0.25) is 9.89 Å². The van der Waals surface area contributed by atoms with Crippen molar-refractivity contribution in [1.82, 2.24) is 29.9 Å². The van der Waals surface area contributed by atoms with E-state index in [0.717, 1.165) is 44.4 Å². The van der Waals surface area contributed by atoms with Crippen molar-refractivity contribution in [3.05, 3.63) is 78.4 Å². The zero-order chi connectivity index (χ0) is 21.8. The molecule has 0 amide bonds. The van der Waals surface area contributed by atoms with Crippen LogP contribution < -0.4 is 5.32 Å². The second kappa shape index (κ2) is 11.1. The first-order chi connectivity index (χ1) is 15.8. The molecule has 0 aliphatic carbocycles. The molecule has 8 nitrogen and oxygen atoms in total. The molecule has 1 N–H and O–H groups in total. The van der Waals surface area contributed by atoms with Crippen molar-refractivity contribution in [2.75, 3.05) is 33.3 Å². The standard InChI is InChI=1S/C24H29N7O.HI/c1-25-24(27-13-19-7-9-21(10-8-19)31-18-26-17-28-31)30-15-22-23(16-30)32-12-11-29(22)14-20-5-3-2-4-6-20;/h2-10,17-18,22-23H,11-16H2,1H3,(H,25,27);1H. The second-order valence-corrected chi connectivity index (χ2v) is 8.24. The predicted octanol–water partition coefficient (Wildman–Crippen LogP) is 2.55. The molecule has 3 aromatic rings. The van der Waals surface area contributed by atoms with E-state index in [0.29, 0.717) is 12.6 Å². The maximum absolute atomic E-state index is 6.13. The lowest BCUT2D eigenvalue weighted by atomic mass is 10.1. The van der Waals surface area contributed by atoms with Crippen LogP contribution >= 0.6 is 24.0 Å². The van der Waals surface area contributed by atoms with Gasteiger partial charge in [-0.25, -0.2) is 9.67 Å². The lowest BCUT2D eigenvalue weighted by Gasteiger charge is -2.36. The SMILES string of the molecule is CN=C(NCc1ccc(-n2cncn2)cc1)N1CC2OCCN(Cc3ccccc3)C2C1.I. The van der Waals surface area contributed by atoms with E-state index < -0.39 is 0 Å². The number of rotatable bonds is 5. The third-order valence-corrected chi connectivity index (χ3v) is 6.23. The molecule has 174 valence electrons. The summed E-state index contributed by atoms with van der Waals surface area (Å²) in [6, 6.07) is 19.4. The van der Waals surface area contributed by atoms with Crippen LogP contribution in [0.4, 0.5) is 0 Å². The van der Waals surface area contributed by atoms with Gasteiger partial charge >= 0.3 is 0 Å². The smallest absolute Gasteiger partial charge is 0.194 e. The molecule has 2 atom stereocenters. The molecule has 0 saturated carbocycles. The van der Waals surface area contributed by atoms with Crippen LogP contribution in [-0.2, 0) is 17.8 Å². The molecule has 9 heteroatoms. The monoisotopic (exact) mass is 559 g/mol. The fraction of sp³-hybridized carbons (Fsp3) is 0.375. The molecule has 0 spiro atoms. The van der Waals surface area contributed by atoms with Crippen molar-refractivity contribution in [1.29, 1.82) is 0 Å². The molecular weight excluding hydrogens is 529 g/mol. The second-order valence-electron chi connectivity index (χ2n) is 8.24. The molecule has 33 heavy (non-hydrogen) atoms. The van der Waals surface area contributed by atoms with Gasteiger partial charge in [-0.2, -0.15) is 5.10 Å². The largest absolute Gasteiger partial charge is 0.373 e. The number of nitrogens with one attached hydrogen (secondary N) is 1. The van der Waals surface area contributed by atoms with E-state index in [-0.39, 0.29) is 30.1 Å². The summed E-state index contributed by atoms with van der Waals surface area (Å²) in [5.74, 6) is 0.919. The van der Waals surface area contributed by atoms with Crippen molar-refractivity contribution in [2.24, 2.45) is 4.99 Å². The van der Waals surface area contributed by atoms with Crippen LogP contribution in [0.25, 0.3) is 5.69 Å². The third kappa shape index (κ3) is 5.53. The molecule has 2 saturated heterocycles. The molecule has 2 fully saturated rings. The Kier molecular flexibility index (Phi) is 7.94. The Morgan fingerprint density at radius 3 is 2.64 bits per heavy atom. The Morgan fingerprint density at radius 2 is 1.91 bits per heavy atom. The minimum absolute atomic E-state index is 0. The van der Waals surface area contributed by atoms with Gasteiger partial charge in [0.25, 0.3) is 0 Å². The van der Waals surface area contributed by atoms with Crippen molar-refractivity contribution in [3.63, 3.8) is 0 Å². The van der Waals surface area contributed by atoms with Gasteiger partial charge in [-0.05, 0) is 23.3 Å². The summed E-state index contributed by atoms with van der Waals surface area (Å²) in [4.78, 5) is 13.4. The van der Waals surface area contributed by atoms with Crippen molar-refractivity contribution >= 4 is 29.9 Å². The molecule has 5 rings (SSSR count). The van der Waals surface area contributed by atoms with E-state index in [2.05, 4.69) is 72.7 Å². The first-order valence-corrected chi connectivity index (χ1v) is 11.1. The number of hydrogen-bond acceptors (Lipinski definition) is 5.